The van der Waals surface area contributed by atoms with Crippen LogP contribution in [0.1, 0.15) is 23.6 Å². The molecule has 3 aromatic carbocycles. The lowest BCUT2D eigenvalue weighted by atomic mass is 10.1. The van der Waals surface area contributed by atoms with Crippen LogP contribution in [0.2, 0.25) is 0 Å². The van der Waals surface area contributed by atoms with E-state index in [0.29, 0.717) is 39.5 Å². The summed E-state index contributed by atoms with van der Waals surface area (Å²) in [5, 5.41) is 14.9. The van der Waals surface area contributed by atoms with Crippen LogP contribution in [0.4, 0.5) is 15.8 Å². The monoisotopic (exact) mass is 565 g/mol. The summed E-state index contributed by atoms with van der Waals surface area (Å²) >= 11 is 3.43. The number of ether oxygens (including phenoxy) is 2. The number of hydrogen-bond acceptors (Lipinski definition) is 5. The minimum Gasteiger partial charge on any atom is -0.490 e. The van der Waals surface area contributed by atoms with E-state index >= 15 is 0 Å². The molecule has 0 atom stereocenters. The first-order valence-corrected chi connectivity index (χ1v) is 12.1. The Morgan fingerprint density at radius 2 is 1.81 bits per heavy atom. The quantitative estimate of drug-likeness (QED) is 0.239. The van der Waals surface area contributed by atoms with Gasteiger partial charge in [0, 0.05) is 11.4 Å². The minimum absolute atomic E-state index is 0.166. The van der Waals surface area contributed by atoms with E-state index in [9.17, 15) is 19.2 Å². The third kappa shape index (κ3) is 7.41. The molecule has 3 rings (SSSR count). The van der Waals surface area contributed by atoms with Crippen LogP contribution in [0.25, 0.3) is 6.08 Å². The summed E-state index contributed by atoms with van der Waals surface area (Å²) in [6.07, 6.45) is 1.39. The lowest BCUT2D eigenvalue weighted by Gasteiger charge is -2.15. The summed E-state index contributed by atoms with van der Waals surface area (Å²) in [5.41, 5.74) is 3.42. The molecule has 0 aliphatic heterocycles. The van der Waals surface area contributed by atoms with E-state index in [1.807, 2.05) is 38.1 Å². The van der Waals surface area contributed by atoms with Crippen molar-refractivity contribution >= 4 is 45.2 Å². The highest BCUT2D eigenvalue weighted by atomic mass is 79.9. The lowest BCUT2D eigenvalue weighted by Crippen LogP contribution is -2.21. The molecule has 0 saturated heterocycles. The molecular formula is C28H25BrFN3O4. The Bertz CT molecular complexity index is 1380. The maximum atomic E-state index is 13.1. The van der Waals surface area contributed by atoms with Gasteiger partial charge in [0.15, 0.2) is 18.1 Å². The van der Waals surface area contributed by atoms with Gasteiger partial charge in [0.2, 0.25) is 0 Å². The number of rotatable bonds is 9. The number of carbonyl (C=O) groups is 2. The van der Waals surface area contributed by atoms with Gasteiger partial charge in [-0.1, -0.05) is 12.1 Å². The van der Waals surface area contributed by atoms with Crippen LogP contribution >= 0.6 is 15.9 Å². The summed E-state index contributed by atoms with van der Waals surface area (Å²) in [5.74, 6) is -0.779. The zero-order chi connectivity index (χ0) is 26.9. The van der Waals surface area contributed by atoms with Gasteiger partial charge in [-0.25, -0.2) is 4.39 Å². The van der Waals surface area contributed by atoms with Gasteiger partial charge in [-0.3, -0.25) is 9.59 Å². The summed E-state index contributed by atoms with van der Waals surface area (Å²) in [7, 11) is 0. The number of hydrogen-bond donors (Lipinski definition) is 2. The summed E-state index contributed by atoms with van der Waals surface area (Å²) in [6.45, 7) is 5.75. The molecule has 37 heavy (non-hydrogen) atoms. The van der Waals surface area contributed by atoms with Crippen molar-refractivity contribution in [3.8, 4) is 17.6 Å². The number of amides is 2. The average Bonchev–Trinajstić information content (AvgIpc) is 2.86. The largest absolute Gasteiger partial charge is 0.490 e. The van der Waals surface area contributed by atoms with Crippen LogP contribution in [0.15, 0.2) is 64.6 Å². The Morgan fingerprint density at radius 1 is 1.08 bits per heavy atom. The molecule has 0 unspecified atom stereocenters. The zero-order valence-corrected chi connectivity index (χ0v) is 22.1. The standard InChI is InChI=1S/C28H25BrFN3O4/c1-4-36-25-14-19(12-20(15-31)28(35)32-22-10-8-21(30)9-11-22)13-23(29)27(25)37-16-26(34)33-24-7-5-6-17(2)18(24)3/h5-14H,4,16H2,1-3H3,(H,32,35)(H,33,34)/b20-12+. The van der Waals surface area contributed by atoms with Gasteiger partial charge in [-0.15, -0.1) is 0 Å². The van der Waals surface area contributed by atoms with E-state index in [0.717, 1.165) is 11.1 Å². The number of nitrogens with one attached hydrogen (secondary N) is 2. The Kier molecular flexibility index (Phi) is 9.41. The molecule has 190 valence electrons. The topological polar surface area (TPSA) is 100 Å². The molecule has 7 nitrogen and oxygen atoms in total. The van der Waals surface area contributed by atoms with Crippen LogP contribution in [-0.2, 0) is 9.59 Å². The van der Waals surface area contributed by atoms with Crippen LogP contribution in [0.3, 0.4) is 0 Å². The van der Waals surface area contributed by atoms with Crippen LogP contribution in [0, 0.1) is 31.0 Å². The van der Waals surface area contributed by atoms with E-state index in [4.69, 9.17) is 9.47 Å². The first kappa shape index (κ1) is 27.4. The van der Waals surface area contributed by atoms with Gasteiger partial charge in [0.1, 0.15) is 17.5 Å². The van der Waals surface area contributed by atoms with Crippen molar-refractivity contribution in [2.24, 2.45) is 0 Å². The van der Waals surface area contributed by atoms with E-state index in [1.165, 1.54) is 30.3 Å². The van der Waals surface area contributed by atoms with Crippen molar-refractivity contribution in [2.45, 2.75) is 20.8 Å². The second-order valence-corrected chi connectivity index (χ2v) is 8.83. The molecule has 9 heteroatoms. The molecule has 0 saturated carbocycles. The fourth-order valence-electron chi connectivity index (χ4n) is 3.33. The normalized spacial score (nSPS) is 10.9. The van der Waals surface area contributed by atoms with Crippen molar-refractivity contribution in [1.29, 1.82) is 5.26 Å². The number of anilines is 2. The smallest absolute Gasteiger partial charge is 0.266 e. The van der Waals surface area contributed by atoms with Crippen LogP contribution in [-0.4, -0.2) is 25.0 Å². The first-order chi connectivity index (χ1) is 17.7. The SMILES string of the molecule is CCOc1cc(/C=C(\C#N)C(=O)Nc2ccc(F)cc2)cc(Br)c1OCC(=O)Nc1cccc(C)c1C. The van der Waals surface area contributed by atoms with E-state index in [-0.39, 0.29) is 18.1 Å². The number of halogens is 2. The number of carbonyl (C=O) groups excluding carboxylic acids is 2. The Morgan fingerprint density at radius 3 is 2.49 bits per heavy atom. The molecule has 2 N–H and O–H groups in total. The molecule has 0 radical (unpaired) electrons. The second-order valence-electron chi connectivity index (χ2n) is 7.98. The zero-order valence-electron chi connectivity index (χ0n) is 20.5. The third-order valence-corrected chi connectivity index (χ3v) is 5.93. The highest BCUT2D eigenvalue weighted by molar-refractivity contribution is 9.10. The van der Waals surface area contributed by atoms with Gasteiger partial charge in [0.05, 0.1) is 11.1 Å². The van der Waals surface area contributed by atoms with Gasteiger partial charge in [-0.2, -0.15) is 5.26 Å². The van der Waals surface area contributed by atoms with Crippen molar-refractivity contribution in [3.63, 3.8) is 0 Å². The lowest BCUT2D eigenvalue weighted by molar-refractivity contribution is -0.118. The molecule has 0 spiro atoms. The molecule has 0 fully saturated rings. The average molecular weight is 566 g/mol. The number of aryl methyl sites for hydroxylation is 1. The maximum absolute atomic E-state index is 13.1. The fourth-order valence-corrected chi connectivity index (χ4v) is 3.91. The third-order valence-electron chi connectivity index (χ3n) is 5.34. The van der Waals surface area contributed by atoms with E-state index < -0.39 is 11.7 Å². The second kappa shape index (κ2) is 12.7. The molecular weight excluding hydrogens is 541 g/mol. The molecule has 0 aliphatic carbocycles. The van der Waals surface area contributed by atoms with Crippen LogP contribution < -0.4 is 20.1 Å². The van der Waals surface area contributed by atoms with Crippen molar-refractivity contribution in [3.05, 3.63) is 87.2 Å². The highest BCUT2D eigenvalue weighted by Crippen LogP contribution is 2.37. The number of nitriles is 1. The Balaban J connectivity index is 1.77. The van der Waals surface area contributed by atoms with Gasteiger partial charge in [0.25, 0.3) is 11.8 Å². The molecule has 0 aromatic heterocycles. The van der Waals surface area contributed by atoms with Gasteiger partial charge < -0.3 is 20.1 Å². The number of nitrogens with zero attached hydrogens (tertiary/aromatic N) is 1. The highest BCUT2D eigenvalue weighted by Gasteiger charge is 2.16. The van der Waals surface area contributed by atoms with Crippen molar-refractivity contribution < 1.29 is 23.5 Å². The number of benzene rings is 3. The predicted octanol–water partition coefficient (Wildman–Crippen LogP) is 6.17. The fraction of sp³-hybridized carbons (Fsp3) is 0.179. The van der Waals surface area contributed by atoms with Crippen molar-refractivity contribution in [1.82, 2.24) is 0 Å². The molecule has 0 heterocycles. The summed E-state index contributed by atoms with van der Waals surface area (Å²) in [6, 6.07) is 16.0. The molecule has 0 aliphatic rings. The molecule has 3 aromatic rings. The minimum atomic E-state index is -0.647. The van der Waals surface area contributed by atoms with Gasteiger partial charge >= 0.3 is 0 Å². The molecule has 0 bridgehead atoms. The summed E-state index contributed by atoms with van der Waals surface area (Å²) < 4.78 is 25.0. The maximum Gasteiger partial charge on any atom is 0.266 e. The van der Waals surface area contributed by atoms with Crippen LogP contribution in [0.5, 0.6) is 11.5 Å². The first-order valence-electron chi connectivity index (χ1n) is 11.4. The Hall–Kier alpha value is -4.16. The molecule has 2 amide bonds. The van der Waals surface area contributed by atoms with E-state index in [1.54, 1.807) is 19.1 Å². The van der Waals surface area contributed by atoms with E-state index in [2.05, 4.69) is 26.6 Å². The Labute approximate surface area is 223 Å². The predicted molar refractivity (Wildman–Crippen MR) is 144 cm³/mol. The van der Waals surface area contributed by atoms with Crippen molar-refractivity contribution in [2.75, 3.05) is 23.8 Å². The summed E-state index contributed by atoms with van der Waals surface area (Å²) in [4.78, 5) is 25.1. The van der Waals surface area contributed by atoms with Gasteiger partial charge in [-0.05, 0) is 102 Å².